The Morgan fingerprint density at radius 1 is 1.09 bits per heavy atom. The molecule has 2 N–H and O–H groups in total. The van der Waals surface area contributed by atoms with Crippen LogP contribution >= 0.6 is 0 Å². The molecule has 0 saturated carbocycles. The number of nitrogens with zero attached hydrogens (tertiary/aromatic N) is 1. The Labute approximate surface area is 185 Å². The molecule has 1 fully saturated rings. The second-order valence-corrected chi connectivity index (χ2v) is 7.53. The van der Waals surface area contributed by atoms with Crippen molar-refractivity contribution >= 4 is 23.3 Å². The molecule has 2 aliphatic rings. The van der Waals surface area contributed by atoms with Crippen LogP contribution in [0.25, 0.3) is 0 Å². The highest BCUT2D eigenvalue weighted by atomic mass is 16.5. The smallest absolute Gasteiger partial charge is 0.299 e. The molecule has 168 valence electrons. The van der Waals surface area contributed by atoms with E-state index in [1.54, 1.807) is 24.3 Å². The molecular formula is C23H24N2O7. The molecule has 2 aromatic carbocycles. The van der Waals surface area contributed by atoms with Gasteiger partial charge >= 0.3 is 0 Å². The highest BCUT2D eigenvalue weighted by molar-refractivity contribution is 6.52. The fourth-order valence-electron chi connectivity index (χ4n) is 3.63. The van der Waals surface area contributed by atoms with Crippen LogP contribution in [0.2, 0.25) is 0 Å². The van der Waals surface area contributed by atoms with Crippen molar-refractivity contribution in [2.75, 3.05) is 38.4 Å². The van der Waals surface area contributed by atoms with Crippen molar-refractivity contribution in [3.63, 3.8) is 0 Å². The van der Waals surface area contributed by atoms with E-state index in [4.69, 9.17) is 24.7 Å². The van der Waals surface area contributed by atoms with Gasteiger partial charge < -0.3 is 29.6 Å². The molecule has 2 heterocycles. The van der Waals surface area contributed by atoms with Gasteiger partial charge in [-0.2, -0.15) is 0 Å². The van der Waals surface area contributed by atoms with Gasteiger partial charge in [-0.15, -0.1) is 0 Å². The maximum Gasteiger partial charge on any atom is 0.299 e. The summed E-state index contributed by atoms with van der Waals surface area (Å²) in [6.07, 6.45) is 2.03. The number of carbonyl (C=O) groups is 3. The lowest BCUT2D eigenvalue weighted by Crippen LogP contribution is -2.25. The van der Waals surface area contributed by atoms with Crippen LogP contribution in [-0.2, 0) is 14.3 Å². The average Bonchev–Trinajstić information content (AvgIpc) is 3.01. The van der Waals surface area contributed by atoms with Crippen LogP contribution in [0.1, 0.15) is 33.6 Å². The number of likely N-dealkylation sites (N-methyl/N-ethyl adjacent to an activating group) is 1. The van der Waals surface area contributed by atoms with Gasteiger partial charge in [0.2, 0.25) is 0 Å². The number of ketones is 1. The Balaban J connectivity index is 1.39. The topological polar surface area (TPSA) is 117 Å². The van der Waals surface area contributed by atoms with Crippen molar-refractivity contribution in [1.82, 2.24) is 0 Å². The van der Waals surface area contributed by atoms with Gasteiger partial charge in [0, 0.05) is 26.3 Å². The highest BCUT2D eigenvalue weighted by Gasteiger charge is 2.35. The van der Waals surface area contributed by atoms with Crippen molar-refractivity contribution < 1.29 is 33.3 Å². The molecule has 2 aromatic rings. The number of primary amides is 1. The van der Waals surface area contributed by atoms with Crippen molar-refractivity contribution in [2.45, 2.75) is 18.9 Å². The number of hydrogen-bond donors (Lipinski definition) is 1. The van der Waals surface area contributed by atoms with E-state index in [-0.39, 0.29) is 23.0 Å². The number of nitrogens with two attached hydrogens (primary N) is 1. The number of rotatable bonds is 8. The van der Waals surface area contributed by atoms with E-state index in [0.717, 1.165) is 26.1 Å². The molecule has 32 heavy (non-hydrogen) atoms. The summed E-state index contributed by atoms with van der Waals surface area (Å²) >= 11 is 0. The minimum atomic E-state index is -0.762. The third-order valence-electron chi connectivity index (χ3n) is 5.39. The molecule has 0 spiro atoms. The lowest BCUT2D eigenvalue weighted by Gasteiger charge is -2.22. The van der Waals surface area contributed by atoms with Gasteiger partial charge in [0.25, 0.3) is 17.6 Å². The third kappa shape index (κ3) is 4.58. The normalized spacial score (nSPS) is 16.2. The molecule has 4 rings (SSSR count). The van der Waals surface area contributed by atoms with Crippen molar-refractivity contribution in [2.24, 2.45) is 5.73 Å². The molecule has 9 nitrogen and oxygen atoms in total. The number of ether oxygens (including phenoxy) is 4. The molecule has 1 saturated heterocycles. The largest absolute Gasteiger partial charge is 0.491 e. The van der Waals surface area contributed by atoms with E-state index < -0.39 is 17.6 Å². The van der Waals surface area contributed by atoms with Crippen LogP contribution in [0.3, 0.4) is 0 Å². The van der Waals surface area contributed by atoms with E-state index in [9.17, 15) is 14.4 Å². The van der Waals surface area contributed by atoms with Crippen LogP contribution < -0.4 is 20.1 Å². The highest BCUT2D eigenvalue weighted by Crippen LogP contribution is 2.36. The van der Waals surface area contributed by atoms with Gasteiger partial charge in [-0.25, -0.2) is 0 Å². The summed E-state index contributed by atoms with van der Waals surface area (Å²) in [4.78, 5) is 37.1. The van der Waals surface area contributed by atoms with Gasteiger partial charge in [-0.3, -0.25) is 14.4 Å². The molecule has 0 radical (unpaired) electrons. The van der Waals surface area contributed by atoms with Gasteiger partial charge in [0.15, 0.2) is 0 Å². The van der Waals surface area contributed by atoms with E-state index in [2.05, 4.69) is 0 Å². The lowest BCUT2D eigenvalue weighted by atomic mass is 10.1. The van der Waals surface area contributed by atoms with E-state index in [1.807, 2.05) is 0 Å². The first-order valence-electron chi connectivity index (χ1n) is 10.3. The van der Waals surface area contributed by atoms with Crippen molar-refractivity contribution in [1.29, 1.82) is 0 Å². The summed E-state index contributed by atoms with van der Waals surface area (Å²) < 4.78 is 22.6. The first-order valence-corrected chi connectivity index (χ1v) is 10.3. The van der Waals surface area contributed by atoms with Crippen LogP contribution in [0.4, 0.5) is 5.69 Å². The van der Waals surface area contributed by atoms with Gasteiger partial charge in [0.05, 0.1) is 29.5 Å². The van der Waals surface area contributed by atoms with Crippen molar-refractivity contribution in [3.05, 3.63) is 47.5 Å². The van der Waals surface area contributed by atoms with Gasteiger partial charge in [-0.05, 0) is 43.2 Å². The Hall–Kier alpha value is -3.43. The van der Waals surface area contributed by atoms with Crippen LogP contribution in [-0.4, -0.2) is 57.2 Å². The van der Waals surface area contributed by atoms with Crippen molar-refractivity contribution in [3.8, 4) is 17.2 Å². The predicted octanol–water partition coefficient (Wildman–Crippen LogP) is 2.31. The molecule has 0 unspecified atom stereocenters. The average molecular weight is 440 g/mol. The molecule has 2 amide bonds. The fourth-order valence-corrected chi connectivity index (χ4v) is 3.63. The zero-order chi connectivity index (χ0) is 22.7. The summed E-state index contributed by atoms with van der Waals surface area (Å²) in [7, 11) is 1.48. The molecule has 0 bridgehead atoms. The maximum absolute atomic E-state index is 12.1. The summed E-state index contributed by atoms with van der Waals surface area (Å²) in [5, 5.41) is 0. The first kappa shape index (κ1) is 21.8. The molecular weight excluding hydrogens is 416 g/mol. The Kier molecular flexibility index (Phi) is 6.38. The van der Waals surface area contributed by atoms with E-state index in [0.29, 0.717) is 30.4 Å². The van der Waals surface area contributed by atoms with Crippen LogP contribution in [0.15, 0.2) is 36.4 Å². The first-order chi connectivity index (χ1) is 15.4. The summed E-state index contributed by atoms with van der Waals surface area (Å²) in [5.74, 6) is -0.871. The summed E-state index contributed by atoms with van der Waals surface area (Å²) in [5.41, 5.74) is 5.97. The minimum absolute atomic E-state index is 0.0192. The Bertz CT molecular complexity index is 1030. The standard InChI is InChI=1S/C23H24N2O7/c1-25-19-13-20(18(22(24)27)12-17(19)21(26)23(25)28)32-16-4-2-14(3-5-16)30-10-11-31-15-6-8-29-9-7-15/h2-5,12-13,15H,6-11H2,1H3,(H2,24,27). The van der Waals surface area contributed by atoms with Gasteiger partial charge in [-0.1, -0.05) is 0 Å². The monoisotopic (exact) mass is 440 g/mol. The number of carbonyl (C=O) groups excluding carboxylic acids is 3. The Morgan fingerprint density at radius 2 is 1.78 bits per heavy atom. The summed E-state index contributed by atoms with van der Waals surface area (Å²) in [6, 6.07) is 9.61. The maximum atomic E-state index is 12.1. The molecule has 2 aliphatic heterocycles. The van der Waals surface area contributed by atoms with Gasteiger partial charge in [0.1, 0.15) is 23.9 Å². The molecule has 0 aromatic heterocycles. The number of benzene rings is 2. The number of amides is 2. The quantitative estimate of drug-likeness (QED) is 0.494. The number of hydrogen-bond acceptors (Lipinski definition) is 7. The SMILES string of the molecule is CN1C(=O)C(=O)c2cc(C(N)=O)c(Oc3ccc(OCCOC4CCOCC4)cc3)cc21. The number of anilines is 1. The fraction of sp³-hybridized carbons (Fsp3) is 0.348. The zero-order valence-electron chi connectivity index (χ0n) is 17.7. The van der Waals surface area contributed by atoms with E-state index in [1.165, 1.54) is 24.1 Å². The predicted molar refractivity (Wildman–Crippen MR) is 115 cm³/mol. The lowest BCUT2D eigenvalue weighted by molar-refractivity contribution is -0.114. The Morgan fingerprint density at radius 3 is 2.47 bits per heavy atom. The number of Topliss-reactive ketones (excluding diaryl/α,β-unsaturated/α-hetero) is 1. The second-order valence-electron chi connectivity index (χ2n) is 7.53. The molecule has 0 atom stereocenters. The minimum Gasteiger partial charge on any atom is -0.491 e. The van der Waals surface area contributed by atoms with Crippen LogP contribution in [0, 0.1) is 0 Å². The zero-order valence-corrected chi connectivity index (χ0v) is 17.7. The molecule has 0 aliphatic carbocycles. The van der Waals surface area contributed by atoms with Crippen LogP contribution in [0.5, 0.6) is 17.2 Å². The van der Waals surface area contributed by atoms with E-state index >= 15 is 0 Å². The summed E-state index contributed by atoms with van der Waals surface area (Å²) in [6.45, 7) is 2.38. The molecule has 9 heteroatoms. The second kappa shape index (κ2) is 9.37. The number of fused-ring (bicyclic) bond motifs is 1. The third-order valence-corrected chi connectivity index (χ3v) is 5.39.